The second-order valence-electron chi connectivity index (χ2n) is 14.7. The molecule has 12 aromatic rings. The number of hydrogen-bond acceptors (Lipinski definition) is 2. The molecule has 0 aliphatic carbocycles. The van der Waals surface area contributed by atoms with E-state index in [1.165, 1.54) is 49.0 Å². The highest BCUT2D eigenvalue weighted by atomic mass is 16.3. The van der Waals surface area contributed by atoms with Gasteiger partial charge in [0, 0.05) is 32.8 Å². The van der Waals surface area contributed by atoms with E-state index in [1.54, 1.807) is 0 Å². The van der Waals surface area contributed by atoms with Crippen molar-refractivity contribution in [3.63, 3.8) is 0 Å². The van der Waals surface area contributed by atoms with Crippen LogP contribution in [-0.2, 0) is 0 Å². The topological polar surface area (TPSA) is 26.3 Å². The fourth-order valence-electron chi connectivity index (χ4n) is 9.22. The lowest BCUT2D eigenvalue weighted by Gasteiger charge is -2.17. The van der Waals surface area contributed by atoms with Gasteiger partial charge in [0.25, 0.3) is 0 Å². The molecule has 2 nitrogen and oxygen atoms in total. The summed E-state index contributed by atoms with van der Waals surface area (Å²) in [6.45, 7) is 0. The van der Waals surface area contributed by atoms with Crippen molar-refractivity contribution in [1.82, 2.24) is 0 Å². The van der Waals surface area contributed by atoms with E-state index in [0.29, 0.717) is 0 Å². The Hall–Kier alpha value is -7.42. The highest BCUT2D eigenvalue weighted by Crippen LogP contribution is 2.51. The summed E-state index contributed by atoms with van der Waals surface area (Å²) in [5.74, 6) is 0.856. The lowest BCUT2D eigenvalue weighted by atomic mass is 9.85. The number of furan rings is 2. The van der Waals surface area contributed by atoms with E-state index in [0.717, 1.165) is 72.0 Å². The fraction of sp³-hybridized carbons (Fsp3) is 0. The van der Waals surface area contributed by atoms with Crippen LogP contribution < -0.4 is 0 Å². The summed E-state index contributed by atoms with van der Waals surface area (Å²) in [5, 5.41) is 10.8. The molecule has 0 bridgehead atoms. The van der Waals surface area contributed by atoms with Crippen LogP contribution in [0.1, 0.15) is 0 Å². The molecule has 0 atom stereocenters. The maximum atomic E-state index is 7.28. The van der Waals surface area contributed by atoms with Crippen LogP contribution >= 0.6 is 0 Å². The largest absolute Gasteiger partial charge is 0.456 e. The van der Waals surface area contributed by atoms with Crippen molar-refractivity contribution in [2.75, 3.05) is 0 Å². The third kappa shape index (κ3) is 4.50. The minimum absolute atomic E-state index is 0.856. The normalized spacial score (nSPS) is 11.9. The lowest BCUT2D eigenvalue weighted by Crippen LogP contribution is -1.91. The highest BCUT2D eigenvalue weighted by Gasteiger charge is 2.26. The fourth-order valence-corrected chi connectivity index (χ4v) is 9.22. The van der Waals surface area contributed by atoms with Gasteiger partial charge in [0.15, 0.2) is 0 Å². The van der Waals surface area contributed by atoms with Gasteiger partial charge in [0.2, 0.25) is 0 Å². The van der Waals surface area contributed by atoms with Crippen molar-refractivity contribution in [3.8, 4) is 55.8 Å². The Morgan fingerprint density at radius 3 is 1.54 bits per heavy atom. The summed E-state index contributed by atoms with van der Waals surface area (Å²) in [6.07, 6.45) is 0. The van der Waals surface area contributed by atoms with Crippen molar-refractivity contribution in [2.45, 2.75) is 0 Å². The van der Waals surface area contributed by atoms with Gasteiger partial charge >= 0.3 is 0 Å². The van der Waals surface area contributed by atoms with Crippen LogP contribution in [0.25, 0.3) is 121 Å². The zero-order chi connectivity index (χ0) is 36.7. The molecule has 0 fully saturated rings. The molecule has 0 saturated heterocycles. The Balaban J connectivity index is 1.22. The molecular formula is C54H32O2. The average molecular weight is 713 g/mol. The van der Waals surface area contributed by atoms with Crippen LogP contribution in [0.3, 0.4) is 0 Å². The molecule has 10 aromatic carbocycles. The first-order valence-electron chi connectivity index (χ1n) is 19.2. The standard InChI is InChI=1S/C54H32O2/c1-4-13-33(14-5-1)38-27-23-35-26-30-42-39(28-24-36-25-29-41(38)48(35)49(36)42)43-31-32-44(40-20-12-22-47-51(40)45-19-10-11-21-46(45)55-47)54-52(43)50(34-15-6-2-7-16-34)53(56-54)37-17-8-3-9-18-37/h1-32H. The monoisotopic (exact) mass is 712 g/mol. The first-order valence-corrected chi connectivity index (χ1v) is 19.2. The zero-order valence-corrected chi connectivity index (χ0v) is 30.3. The second kappa shape index (κ2) is 12.0. The molecule has 0 unspecified atom stereocenters. The van der Waals surface area contributed by atoms with Gasteiger partial charge in [-0.15, -0.1) is 0 Å². The summed E-state index contributed by atoms with van der Waals surface area (Å²) < 4.78 is 13.7. The maximum absolute atomic E-state index is 7.28. The number of hydrogen-bond donors (Lipinski definition) is 0. The van der Waals surface area contributed by atoms with Crippen molar-refractivity contribution in [3.05, 3.63) is 194 Å². The number of para-hydroxylation sites is 1. The quantitative estimate of drug-likeness (QED) is 0.166. The van der Waals surface area contributed by atoms with Crippen LogP contribution in [0.2, 0.25) is 0 Å². The molecular weight excluding hydrogens is 681 g/mol. The molecule has 0 aliphatic heterocycles. The van der Waals surface area contributed by atoms with Crippen LogP contribution in [0.15, 0.2) is 203 Å². The number of rotatable bonds is 5. The summed E-state index contributed by atoms with van der Waals surface area (Å²) >= 11 is 0. The third-order valence-corrected chi connectivity index (χ3v) is 11.7. The Kier molecular flexibility index (Phi) is 6.66. The molecule has 2 aromatic heterocycles. The molecule has 0 amide bonds. The average Bonchev–Trinajstić information content (AvgIpc) is 3.86. The minimum atomic E-state index is 0.856. The van der Waals surface area contributed by atoms with Gasteiger partial charge < -0.3 is 8.83 Å². The second-order valence-corrected chi connectivity index (χ2v) is 14.7. The molecule has 0 N–H and O–H groups in total. The molecule has 2 heterocycles. The number of benzene rings is 10. The van der Waals surface area contributed by atoms with Gasteiger partial charge in [0.1, 0.15) is 22.5 Å². The molecule has 2 heteroatoms. The molecule has 0 saturated carbocycles. The molecule has 0 radical (unpaired) electrons. The van der Waals surface area contributed by atoms with Crippen LogP contribution in [-0.4, -0.2) is 0 Å². The summed E-state index contributed by atoms with van der Waals surface area (Å²) in [6, 6.07) is 69.5. The number of fused-ring (bicyclic) bond motifs is 4. The van der Waals surface area contributed by atoms with E-state index < -0.39 is 0 Å². The van der Waals surface area contributed by atoms with E-state index in [9.17, 15) is 0 Å². The van der Waals surface area contributed by atoms with Crippen molar-refractivity contribution < 1.29 is 8.83 Å². The molecule has 0 aliphatic rings. The minimum Gasteiger partial charge on any atom is -0.456 e. The summed E-state index contributed by atoms with van der Waals surface area (Å²) in [7, 11) is 0. The molecule has 12 rings (SSSR count). The predicted molar refractivity (Wildman–Crippen MR) is 234 cm³/mol. The molecule has 56 heavy (non-hydrogen) atoms. The van der Waals surface area contributed by atoms with Gasteiger partial charge in [0.05, 0.1) is 0 Å². The van der Waals surface area contributed by atoms with Gasteiger partial charge in [-0.3, -0.25) is 0 Å². The van der Waals surface area contributed by atoms with Crippen LogP contribution in [0.5, 0.6) is 0 Å². The van der Waals surface area contributed by atoms with E-state index in [4.69, 9.17) is 8.83 Å². The summed E-state index contributed by atoms with van der Waals surface area (Å²) in [4.78, 5) is 0. The van der Waals surface area contributed by atoms with Crippen LogP contribution in [0.4, 0.5) is 0 Å². The highest BCUT2D eigenvalue weighted by molar-refractivity contribution is 6.29. The van der Waals surface area contributed by atoms with Crippen molar-refractivity contribution >= 4 is 65.2 Å². The Morgan fingerprint density at radius 1 is 0.268 bits per heavy atom. The third-order valence-electron chi connectivity index (χ3n) is 11.7. The molecule has 260 valence electrons. The van der Waals surface area contributed by atoms with E-state index in [1.807, 2.05) is 12.1 Å². The van der Waals surface area contributed by atoms with Crippen molar-refractivity contribution in [2.24, 2.45) is 0 Å². The van der Waals surface area contributed by atoms with Gasteiger partial charge in [-0.05, 0) is 83.9 Å². The maximum Gasteiger partial charge on any atom is 0.143 e. The van der Waals surface area contributed by atoms with E-state index in [2.05, 4.69) is 182 Å². The smallest absolute Gasteiger partial charge is 0.143 e. The van der Waals surface area contributed by atoms with E-state index >= 15 is 0 Å². The van der Waals surface area contributed by atoms with Gasteiger partial charge in [-0.25, -0.2) is 0 Å². The van der Waals surface area contributed by atoms with E-state index in [-0.39, 0.29) is 0 Å². The zero-order valence-electron chi connectivity index (χ0n) is 30.3. The predicted octanol–water partition coefficient (Wildman–Crippen LogP) is 15.6. The summed E-state index contributed by atoms with van der Waals surface area (Å²) in [5.41, 5.74) is 12.7. The first kappa shape index (κ1) is 31.0. The first-order chi connectivity index (χ1) is 27.8. The Bertz CT molecular complexity index is 3440. The SMILES string of the molecule is c1ccc(-c2oc3c(-c4cccc5oc6ccccc6c45)ccc(-c4ccc5ccc6c(-c7ccccc7)ccc7ccc4c5c76)c3c2-c2ccccc2)cc1. The van der Waals surface area contributed by atoms with Crippen molar-refractivity contribution in [1.29, 1.82) is 0 Å². The Morgan fingerprint density at radius 2 is 0.804 bits per heavy atom. The van der Waals surface area contributed by atoms with Gasteiger partial charge in [-0.2, -0.15) is 0 Å². The van der Waals surface area contributed by atoms with Gasteiger partial charge in [-0.1, -0.05) is 176 Å². The molecule has 0 spiro atoms. The van der Waals surface area contributed by atoms with Crippen LogP contribution in [0, 0.1) is 0 Å². The lowest BCUT2D eigenvalue weighted by molar-refractivity contribution is 0.633. The Labute approximate surface area is 322 Å².